The monoisotopic (exact) mass is 461 g/mol. The van der Waals surface area contributed by atoms with Gasteiger partial charge in [0.05, 0.1) is 11.4 Å². The highest BCUT2D eigenvalue weighted by Gasteiger charge is 2.38. The number of halogens is 1. The van der Waals surface area contributed by atoms with Crippen LogP contribution in [0.2, 0.25) is 0 Å². The predicted octanol–water partition coefficient (Wildman–Crippen LogP) is 2.00. The van der Waals surface area contributed by atoms with Gasteiger partial charge in [0.15, 0.2) is 5.78 Å². The van der Waals surface area contributed by atoms with Gasteiger partial charge in [-0.1, -0.05) is 29.8 Å². The molecule has 3 amide bonds. The second kappa shape index (κ2) is 10.2. The van der Waals surface area contributed by atoms with Crippen molar-refractivity contribution >= 4 is 39.6 Å². The van der Waals surface area contributed by atoms with Crippen LogP contribution >= 0.6 is 15.9 Å². The highest BCUT2D eigenvalue weighted by atomic mass is 79.9. The van der Waals surface area contributed by atoms with Crippen molar-refractivity contribution in [2.24, 2.45) is 5.92 Å². The molecule has 0 aromatic heterocycles. The Bertz CT molecular complexity index is 603. The van der Waals surface area contributed by atoms with Crippen molar-refractivity contribution in [3.05, 3.63) is 0 Å². The van der Waals surface area contributed by atoms with Gasteiger partial charge in [0, 0.05) is 6.54 Å². The highest BCUT2D eigenvalue weighted by molar-refractivity contribution is 9.09. The molecule has 3 atom stereocenters. The van der Waals surface area contributed by atoms with Gasteiger partial charge in [0.2, 0.25) is 11.8 Å². The third-order valence-electron chi connectivity index (χ3n) is 4.40. The number of carbonyl (C=O) groups is 4. The lowest BCUT2D eigenvalue weighted by Gasteiger charge is -2.31. The number of nitrogens with zero attached hydrogens (tertiary/aromatic N) is 1. The SMILES string of the molecule is CC(C)[C@H](NC(=O)[C@H](C)NC(=O)OC(C)(C)C)C(=O)N1CCC[C@H]1C(=O)CBr. The molecule has 1 aliphatic heterocycles. The van der Waals surface area contributed by atoms with E-state index in [4.69, 9.17) is 4.74 Å². The van der Waals surface area contributed by atoms with Crippen LogP contribution in [-0.2, 0) is 19.1 Å². The van der Waals surface area contributed by atoms with E-state index in [-0.39, 0.29) is 22.9 Å². The molecule has 28 heavy (non-hydrogen) atoms. The molecule has 0 spiro atoms. The quantitative estimate of drug-likeness (QED) is 0.564. The number of ketones is 1. The van der Waals surface area contributed by atoms with Crippen molar-refractivity contribution in [3.8, 4) is 0 Å². The molecule has 1 heterocycles. The third-order valence-corrected chi connectivity index (χ3v) is 4.95. The van der Waals surface area contributed by atoms with Gasteiger partial charge >= 0.3 is 6.09 Å². The molecule has 1 fully saturated rings. The molecule has 160 valence electrons. The van der Waals surface area contributed by atoms with Crippen molar-refractivity contribution < 1.29 is 23.9 Å². The Morgan fingerprint density at radius 1 is 1.14 bits per heavy atom. The van der Waals surface area contributed by atoms with E-state index in [9.17, 15) is 19.2 Å². The number of ether oxygens (including phenoxy) is 1. The minimum Gasteiger partial charge on any atom is -0.444 e. The van der Waals surface area contributed by atoms with Gasteiger partial charge in [0.25, 0.3) is 0 Å². The van der Waals surface area contributed by atoms with E-state index in [2.05, 4.69) is 26.6 Å². The summed E-state index contributed by atoms with van der Waals surface area (Å²) in [6.45, 7) is 10.8. The smallest absolute Gasteiger partial charge is 0.408 e. The number of alkyl carbamates (subject to hydrolysis) is 1. The number of hydrogen-bond donors (Lipinski definition) is 2. The van der Waals surface area contributed by atoms with E-state index in [1.165, 1.54) is 6.92 Å². The molecule has 2 N–H and O–H groups in total. The van der Waals surface area contributed by atoms with Gasteiger partial charge in [-0.3, -0.25) is 14.4 Å². The topological polar surface area (TPSA) is 105 Å². The summed E-state index contributed by atoms with van der Waals surface area (Å²) in [5.41, 5.74) is -0.677. The van der Waals surface area contributed by atoms with E-state index in [0.717, 1.165) is 6.42 Å². The summed E-state index contributed by atoms with van der Waals surface area (Å²) in [5.74, 6) is -0.977. The Labute approximate surface area is 175 Å². The number of Topliss-reactive ketones (excluding diaryl/α,β-unsaturated/α-hetero) is 1. The molecule has 1 saturated heterocycles. The van der Waals surface area contributed by atoms with Crippen LogP contribution in [-0.4, -0.2) is 64.2 Å². The lowest BCUT2D eigenvalue weighted by molar-refractivity contribution is -0.141. The van der Waals surface area contributed by atoms with Gasteiger partial charge in [-0.15, -0.1) is 0 Å². The molecule has 0 saturated carbocycles. The number of alkyl halides is 1. The average Bonchev–Trinajstić information content (AvgIpc) is 3.05. The molecule has 1 rings (SSSR count). The zero-order valence-electron chi connectivity index (χ0n) is 17.5. The van der Waals surface area contributed by atoms with Crippen LogP contribution in [0.1, 0.15) is 54.4 Å². The molecular formula is C19H32BrN3O5. The summed E-state index contributed by atoms with van der Waals surface area (Å²) in [7, 11) is 0. The van der Waals surface area contributed by atoms with Crippen LogP contribution < -0.4 is 10.6 Å². The molecule has 0 unspecified atom stereocenters. The molecule has 8 nitrogen and oxygen atoms in total. The fourth-order valence-electron chi connectivity index (χ4n) is 2.97. The normalized spacial score (nSPS) is 19.1. The first kappa shape index (κ1) is 24.4. The number of likely N-dealkylation sites (tertiary alicyclic amines) is 1. The molecule has 0 aromatic rings. The zero-order valence-corrected chi connectivity index (χ0v) is 19.1. The van der Waals surface area contributed by atoms with Gasteiger partial charge in [-0.25, -0.2) is 4.79 Å². The van der Waals surface area contributed by atoms with Crippen LogP contribution in [0.5, 0.6) is 0 Å². The van der Waals surface area contributed by atoms with Crippen LogP contribution in [0, 0.1) is 5.92 Å². The Morgan fingerprint density at radius 2 is 1.75 bits per heavy atom. The fraction of sp³-hybridized carbons (Fsp3) is 0.789. The molecule has 0 aromatic carbocycles. The molecule has 0 radical (unpaired) electrons. The second-order valence-electron chi connectivity index (χ2n) is 8.39. The predicted molar refractivity (Wildman–Crippen MR) is 109 cm³/mol. The van der Waals surface area contributed by atoms with E-state index in [1.807, 2.05) is 13.8 Å². The maximum atomic E-state index is 13.0. The molecule has 0 bridgehead atoms. The summed E-state index contributed by atoms with van der Waals surface area (Å²) in [4.78, 5) is 51.1. The largest absolute Gasteiger partial charge is 0.444 e. The van der Waals surface area contributed by atoms with Gasteiger partial charge in [0.1, 0.15) is 17.7 Å². The molecule has 9 heteroatoms. The molecule has 1 aliphatic rings. The van der Waals surface area contributed by atoms with Gasteiger partial charge in [-0.2, -0.15) is 0 Å². The average molecular weight is 462 g/mol. The Hall–Kier alpha value is -1.64. The van der Waals surface area contributed by atoms with E-state index < -0.39 is 35.7 Å². The van der Waals surface area contributed by atoms with Crippen LogP contribution in [0.25, 0.3) is 0 Å². The van der Waals surface area contributed by atoms with E-state index in [0.29, 0.717) is 13.0 Å². The van der Waals surface area contributed by atoms with Crippen molar-refractivity contribution in [2.45, 2.75) is 78.1 Å². The van der Waals surface area contributed by atoms with Crippen LogP contribution in [0.4, 0.5) is 4.79 Å². The molecule has 0 aliphatic carbocycles. The first-order valence-electron chi connectivity index (χ1n) is 9.56. The van der Waals surface area contributed by atoms with Crippen molar-refractivity contribution in [3.63, 3.8) is 0 Å². The summed E-state index contributed by atoms with van der Waals surface area (Å²) < 4.78 is 5.15. The van der Waals surface area contributed by atoms with Crippen molar-refractivity contribution in [2.75, 3.05) is 11.9 Å². The number of rotatable bonds is 7. The summed E-state index contributed by atoms with van der Waals surface area (Å²) in [6, 6.07) is -2.11. The lowest BCUT2D eigenvalue weighted by atomic mass is 10.0. The standard InChI is InChI=1S/C19H32BrN3O5/c1-11(2)15(17(26)23-9-7-8-13(23)14(24)10-20)22-16(25)12(3)21-18(27)28-19(4,5)6/h11-13,15H,7-10H2,1-6H3,(H,21,27)(H,22,25)/t12-,13-,15-/m0/s1. The number of carbonyl (C=O) groups excluding carboxylic acids is 4. The maximum absolute atomic E-state index is 13.0. The highest BCUT2D eigenvalue weighted by Crippen LogP contribution is 2.21. The van der Waals surface area contributed by atoms with Crippen LogP contribution in [0.3, 0.4) is 0 Å². The van der Waals surface area contributed by atoms with Gasteiger partial charge < -0.3 is 20.3 Å². The summed E-state index contributed by atoms with van der Waals surface area (Å²) >= 11 is 3.16. The Kier molecular flexibility index (Phi) is 8.91. The van der Waals surface area contributed by atoms with Gasteiger partial charge in [-0.05, 0) is 46.5 Å². The first-order chi connectivity index (χ1) is 12.9. The minimum absolute atomic E-state index is 0.0420. The van der Waals surface area contributed by atoms with Crippen LogP contribution in [0.15, 0.2) is 0 Å². The Balaban J connectivity index is 2.78. The van der Waals surface area contributed by atoms with E-state index >= 15 is 0 Å². The fourth-order valence-corrected chi connectivity index (χ4v) is 3.35. The second-order valence-corrected chi connectivity index (χ2v) is 8.95. The van der Waals surface area contributed by atoms with Crippen molar-refractivity contribution in [1.82, 2.24) is 15.5 Å². The zero-order chi connectivity index (χ0) is 21.6. The number of hydrogen-bond acceptors (Lipinski definition) is 5. The van der Waals surface area contributed by atoms with Crippen molar-refractivity contribution in [1.29, 1.82) is 0 Å². The molecular weight excluding hydrogens is 430 g/mol. The Morgan fingerprint density at radius 3 is 2.25 bits per heavy atom. The summed E-state index contributed by atoms with van der Waals surface area (Å²) in [5, 5.41) is 5.37. The van der Waals surface area contributed by atoms with E-state index in [1.54, 1.807) is 25.7 Å². The summed E-state index contributed by atoms with van der Waals surface area (Å²) in [6.07, 6.45) is 0.681. The third kappa shape index (κ3) is 7.07. The first-order valence-corrected chi connectivity index (χ1v) is 10.7. The minimum atomic E-state index is -0.873. The number of amides is 3. The lowest BCUT2D eigenvalue weighted by Crippen LogP contribution is -2.57. The number of nitrogens with one attached hydrogen (secondary N) is 2. The maximum Gasteiger partial charge on any atom is 0.408 e.